The van der Waals surface area contributed by atoms with Gasteiger partial charge in [-0.05, 0) is 44.5 Å². The number of hydrogen-bond acceptors (Lipinski definition) is 3. The van der Waals surface area contributed by atoms with Crippen molar-refractivity contribution in [2.24, 2.45) is 0 Å². The highest BCUT2D eigenvalue weighted by Crippen LogP contribution is 2.23. The summed E-state index contributed by atoms with van der Waals surface area (Å²) in [6, 6.07) is 9.39. The maximum absolute atomic E-state index is 12.3. The summed E-state index contributed by atoms with van der Waals surface area (Å²) in [6.07, 6.45) is 0.921. The fourth-order valence-corrected chi connectivity index (χ4v) is 3.16. The van der Waals surface area contributed by atoms with Gasteiger partial charge in [-0.2, -0.15) is 5.10 Å². The van der Waals surface area contributed by atoms with Gasteiger partial charge >= 0.3 is 0 Å². The summed E-state index contributed by atoms with van der Waals surface area (Å²) < 4.78 is 7.56. The van der Waals surface area contributed by atoms with Gasteiger partial charge in [-0.25, -0.2) is 0 Å². The van der Waals surface area contributed by atoms with Crippen LogP contribution >= 0.6 is 11.6 Å². The molecule has 5 nitrogen and oxygen atoms in total. The lowest BCUT2D eigenvalue weighted by atomic mass is 10.2. The molecular formula is C17H20ClN3O2. The number of hydrogen-bond donors (Lipinski definition) is 0. The molecule has 0 aliphatic carbocycles. The van der Waals surface area contributed by atoms with Gasteiger partial charge in [0, 0.05) is 23.8 Å². The van der Waals surface area contributed by atoms with Gasteiger partial charge in [-0.15, -0.1) is 0 Å². The minimum Gasteiger partial charge on any atom is -0.484 e. The van der Waals surface area contributed by atoms with Crippen molar-refractivity contribution in [2.75, 3.05) is 19.7 Å². The number of aryl methyl sites for hydroxylation is 2. The van der Waals surface area contributed by atoms with E-state index >= 15 is 0 Å². The zero-order valence-electron chi connectivity index (χ0n) is 13.3. The predicted octanol–water partition coefficient (Wildman–Crippen LogP) is 3.01. The van der Waals surface area contributed by atoms with E-state index in [1.165, 1.54) is 0 Å². The maximum Gasteiger partial charge on any atom is 0.260 e. The van der Waals surface area contributed by atoms with Crippen LogP contribution in [0, 0.1) is 13.8 Å². The zero-order chi connectivity index (χ0) is 16.4. The maximum atomic E-state index is 12.3. The second kappa shape index (κ2) is 6.62. The molecule has 1 aromatic heterocycles. The van der Waals surface area contributed by atoms with E-state index in [2.05, 4.69) is 11.2 Å². The van der Waals surface area contributed by atoms with Crippen LogP contribution in [0.3, 0.4) is 0 Å². The van der Waals surface area contributed by atoms with Crippen molar-refractivity contribution in [3.63, 3.8) is 0 Å². The van der Waals surface area contributed by atoms with Crippen molar-refractivity contribution in [1.82, 2.24) is 14.7 Å². The average molecular weight is 334 g/mol. The van der Waals surface area contributed by atoms with Gasteiger partial charge in [0.15, 0.2) is 6.61 Å². The topological polar surface area (TPSA) is 47.4 Å². The number of rotatable bonds is 4. The van der Waals surface area contributed by atoms with E-state index < -0.39 is 0 Å². The number of carbonyl (C=O) groups excluding carboxylic acids is 1. The molecule has 1 fully saturated rings. The number of carbonyl (C=O) groups is 1. The number of likely N-dealkylation sites (tertiary alicyclic amines) is 1. The molecule has 0 radical (unpaired) electrons. The Balaban J connectivity index is 1.56. The lowest BCUT2D eigenvalue weighted by molar-refractivity contribution is -0.132. The molecule has 0 spiro atoms. The number of amides is 1. The standard InChI is InChI=1S/C17H20ClN3O2/c1-12-8-13(2)21(19-12)15-6-7-20(10-15)17(22)11-23-16-5-3-4-14(18)9-16/h3-5,8-9,15H,6-7,10-11H2,1-2H3. The van der Waals surface area contributed by atoms with E-state index in [0.717, 1.165) is 24.4 Å². The van der Waals surface area contributed by atoms with Gasteiger partial charge in [0.1, 0.15) is 5.75 Å². The van der Waals surface area contributed by atoms with Crippen molar-refractivity contribution < 1.29 is 9.53 Å². The molecule has 1 aliphatic rings. The minimum absolute atomic E-state index is 0.00555. The van der Waals surface area contributed by atoms with E-state index in [1.54, 1.807) is 24.3 Å². The molecule has 1 unspecified atom stereocenters. The van der Waals surface area contributed by atoms with E-state index in [0.29, 0.717) is 17.3 Å². The molecular weight excluding hydrogens is 314 g/mol. The van der Waals surface area contributed by atoms with Crippen LogP contribution in [0.1, 0.15) is 23.9 Å². The number of halogens is 1. The number of benzene rings is 1. The SMILES string of the molecule is Cc1cc(C)n(C2CCN(C(=O)COc3cccc(Cl)c3)C2)n1. The van der Waals surface area contributed by atoms with E-state index in [4.69, 9.17) is 16.3 Å². The molecule has 23 heavy (non-hydrogen) atoms. The first kappa shape index (κ1) is 15.9. The summed E-state index contributed by atoms with van der Waals surface area (Å²) in [6.45, 7) is 5.48. The molecule has 6 heteroatoms. The fourth-order valence-electron chi connectivity index (χ4n) is 2.98. The third-order valence-electron chi connectivity index (χ3n) is 4.06. The highest BCUT2D eigenvalue weighted by atomic mass is 35.5. The lowest BCUT2D eigenvalue weighted by Crippen LogP contribution is -2.33. The van der Waals surface area contributed by atoms with Crippen molar-refractivity contribution >= 4 is 17.5 Å². The first-order valence-electron chi connectivity index (χ1n) is 7.72. The Hall–Kier alpha value is -2.01. The smallest absolute Gasteiger partial charge is 0.260 e. The Morgan fingerprint density at radius 1 is 1.39 bits per heavy atom. The molecule has 2 aromatic rings. The summed E-state index contributed by atoms with van der Waals surface area (Å²) in [7, 11) is 0. The minimum atomic E-state index is -0.00555. The van der Waals surface area contributed by atoms with Crippen molar-refractivity contribution in [1.29, 1.82) is 0 Å². The molecule has 3 rings (SSSR count). The Kier molecular flexibility index (Phi) is 4.57. The molecule has 1 atom stereocenters. The first-order chi connectivity index (χ1) is 11.0. The van der Waals surface area contributed by atoms with Gasteiger partial charge in [0.25, 0.3) is 5.91 Å². The third-order valence-corrected chi connectivity index (χ3v) is 4.30. The summed E-state index contributed by atoms with van der Waals surface area (Å²) in [4.78, 5) is 14.1. The fraction of sp³-hybridized carbons (Fsp3) is 0.412. The van der Waals surface area contributed by atoms with E-state index in [9.17, 15) is 4.79 Å². The van der Waals surface area contributed by atoms with Crippen molar-refractivity contribution in [3.8, 4) is 5.75 Å². The third kappa shape index (κ3) is 3.67. The zero-order valence-corrected chi connectivity index (χ0v) is 14.1. The lowest BCUT2D eigenvalue weighted by Gasteiger charge is -2.17. The van der Waals surface area contributed by atoms with Crippen LogP contribution in [0.15, 0.2) is 30.3 Å². The molecule has 2 heterocycles. The Labute approximate surface area is 140 Å². The summed E-state index contributed by atoms with van der Waals surface area (Å²) >= 11 is 5.91. The van der Waals surface area contributed by atoms with Gasteiger partial charge in [0.05, 0.1) is 11.7 Å². The number of nitrogens with zero attached hydrogens (tertiary/aromatic N) is 3. The first-order valence-corrected chi connectivity index (χ1v) is 8.09. The van der Waals surface area contributed by atoms with Gasteiger partial charge in [-0.1, -0.05) is 17.7 Å². The molecule has 1 aromatic carbocycles. The largest absolute Gasteiger partial charge is 0.484 e. The molecule has 0 bridgehead atoms. The predicted molar refractivity (Wildman–Crippen MR) is 88.9 cm³/mol. The number of ether oxygens (including phenoxy) is 1. The van der Waals surface area contributed by atoms with Crippen molar-refractivity contribution in [3.05, 3.63) is 46.7 Å². The van der Waals surface area contributed by atoms with Crippen LogP contribution in [0.25, 0.3) is 0 Å². The van der Waals surface area contributed by atoms with Crippen LogP contribution in [0.2, 0.25) is 5.02 Å². The number of aromatic nitrogens is 2. The summed E-state index contributed by atoms with van der Waals surface area (Å²) in [5.74, 6) is 0.606. The van der Waals surface area contributed by atoms with E-state index in [1.807, 2.05) is 23.4 Å². The van der Waals surface area contributed by atoms with Gasteiger partial charge in [-0.3, -0.25) is 9.48 Å². The molecule has 1 saturated heterocycles. The quantitative estimate of drug-likeness (QED) is 0.864. The van der Waals surface area contributed by atoms with Crippen LogP contribution in [0.5, 0.6) is 5.75 Å². The van der Waals surface area contributed by atoms with Crippen LogP contribution in [-0.4, -0.2) is 40.3 Å². The van der Waals surface area contributed by atoms with Crippen LogP contribution in [-0.2, 0) is 4.79 Å². The van der Waals surface area contributed by atoms with Crippen LogP contribution in [0.4, 0.5) is 0 Å². The van der Waals surface area contributed by atoms with Crippen molar-refractivity contribution in [2.45, 2.75) is 26.3 Å². The Morgan fingerprint density at radius 2 is 2.22 bits per heavy atom. The second-order valence-electron chi connectivity index (χ2n) is 5.90. The Bertz CT molecular complexity index is 714. The van der Waals surface area contributed by atoms with E-state index in [-0.39, 0.29) is 18.6 Å². The molecule has 0 saturated carbocycles. The van der Waals surface area contributed by atoms with Gasteiger partial charge in [0.2, 0.25) is 0 Å². The molecule has 0 N–H and O–H groups in total. The molecule has 1 aliphatic heterocycles. The second-order valence-corrected chi connectivity index (χ2v) is 6.34. The highest BCUT2D eigenvalue weighted by Gasteiger charge is 2.28. The summed E-state index contributed by atoms with van der Waals surface area (Å²) in [5.41, 5.74) is 2.15. The average Bonchev–Trinajstić information content (AvgIpc) is 3.11. The highest BCUT2D eigenvalue weighted by molar-refractivity contribution is 6.30. The van der Waals surface area contributed by atoms with Crippen LogP contribution < -0.4 is 4.74 Å². The molecule has 1 amide bonds. The summed E-state index contributed by atoms with van der Waals surface area (Å²) in [5, 5.41) is 5.12. The Morgan fingerprint density at radius 3 is 2.91 bits per heavy atom. The van der Waals surface area contributed by atoms with Gasteiger partial charge < -0.3 is 9.64 Å². The normalized spacial score (nSPS) is 17.5. The molecule has 122 valence electrons. The monoisotopic (exact) mass is 333 g/mol.